The number of carbonyl (C=O) groups excluding carboxylic acids is 1. The van der Waals surface area contributed by atoms with E-state index in [1.165, 1.54) is 0 Å². The first-order valence-corrected chi connectivity index (χ1v) is 6.99. The van der Waals surface area contributed by atoms with Gasteiger partial charge in [-0.2, -0.15) is 0 Å². The number of piperidine rings is 1. The fourth-order valence-corrected chi connectivity index (χ4v) is 3.02. The minimum absolute atomic E-state index is 0. The second kappa shape index (κ2) is 9.01. The first-order valence-electron chi connectivity index (χ1n) is 6.99. The Morgan fingerprint density at radius 1 is 1.21 bits per heavy atom. The molecule has 2 rings (SSSR count). The van der Waals surface area contributed by atoms with Crippen molar-refractivity contribution in [3.8, 4) is 0 Å². The minimum atomic E-state index is 0. The average Bonchev–Trinajstić information content (AvgIpc) is 2.76. The Morgan fingerprint density at radius 2 is 1.84 bits per heavy atom. The number of carbonyl (C=O) groups is 1. The van der Waals surface area contributed by atoms with Crippen LogP contribution < -0.4 is 11.1 Å². The fraction of sp³-hybridized carbons (Fsp3) is 0.923. The molecule has 0 aromatic carbocycles. The molecular formula is C13H27Cl2N3O. The highest BCUT2D eigenvalue weighted by Crippen LogP contribution is 2.24. The van der Waals surface area contributed by atoms with E-state index in [9.17, 15) is 4.79 Å². The molecule has 1 heterocycles. The van der Waals surface area contributed by atoms with Crippen molar-refractivity contribution < 1.29 is 4.79 Å². The molecule has 6 heteroatoms. The summed E-state index contributed by atoms with van der Waals surface area (Å²) in [7, 11) is 0. The monoisotopic (exact) mass is 311 g/mol. The zero-order valence-corrected chi connectivity index (χ0v) is 13.3. The lowest BCUT2D eigenvalue weighted by Gasteiger charge is -2.32. The lowest BCUT2D eigenvalue weighted by molar-refractivity contribution is -0.126. The van der Waals surface area contributed by atoms with Crippen LogP contribution in [0.5, 0.6) is 0 Å². The van der Waals surface area contributed by atoms with E-state index in [2.05, 4.69) is 17.1 Å². The van der Waals surface area contributed by atoms with E-state index in [0.717, 1.165) is 51.7 Å². The summed E-state index contributed by atoms with van der Waals surface area (Å²) in [4.78, 5) is 14.5. The van der Waals surface area contributed by atoms with Gasteiger partial charge in [0.05, 0.1) is 5.92 Å². The van der Waals surface area contributed by atoms with Gasteiger partial charge in [-0.15, -0.1) is 24.8 Å². The van der Waals surface area contributed by atoms with Crippen molar-refractivity contribution in [1.29, 1.82) is 0 Å². The molecule has 1 saturated carbocycles. The van der Waals surface area contributed by atoms with Crippen LogP contribution in [0.15, 0.2) is 0 Å². The van der Waals surface area contributed by atoms with Gasteiger partial charge in [-0.05, 0) is 32.2 Å². The molecule has 1 aliphatic heterocycles. The van der Waals surface area contributed by atoms with Crippen molar-refractivity contribution in [3.05, 3.63) is 0 Å². The van der Waals surface area contributed by atoms with Crippen LogP contribution in [0.3, 0.4) is 0 Å². The maximum Gasteiger partial charge on any atom is 0.224 e. The molecule has 0 bridgehead atoms. The third-order valence-corrected chi connectivity index (χ3v) is 4.29. The molecule has 0 radical (unpaired) electrons. The molecule has 114 valence electrons. The molecule has 0 spiro atoms. The molecular weight excluding hydrogens is 285 g/mol. The summed E-state index contributed by atoms with van der Waals surface area (Å²) >= 11 is 0. The number of hydrogen-bond donors (Lipinski definition) is 2. The Hall–Kier alpha value is -0.0300. The minimum Gasteiger partial charge on any atom is -0.353 e. The Bertz CT molecular complexity index is 271. The molecule has 3 N–H and O–H groups in total. The Labute approximate surface area is 128 Å². The number of halogens is 2. The van der Waals surface area contributed by atoms with Gasteiger partial charge in [0, 0.05) is 25.2 Å². The number of nitrogens with one attached hydrogen (secondary N) is 1. The Kier molecular flexibility index (Phi) is 8.99. The van der Waals surface area contributed by atoms with Crippen LogP contribution in [0.1, 0.15) is 39.0 Å². The average molecular weight is 312 g/mol. The van der Waals surface area contributed by atoms with Gasteiger partial charge in [-0.1, -0.05) is 13.3 Å². The van der Waals surface area contributed by atoms with Crippen molar-refractivity contribution in [2.45, 2.75) is 51.1 Å². The van der Waals surface area contributed by atoms with Crippen molar-refractivity contribution in [1.82, 2.24) is 10.2 Å². The van der Waals surface area contributed by atoms with Gasteiger partial charge >= 0.3 is 0 Å². The molecule has 2 atom stereocenters. The molecule has 2 unspecified atom stereocenters. The van der Waals surface area contributed by atoms with Crippen LogP contribution >= 0.6 is 24.8 Å². The summed E-state index contributed by atoms with van der Waals surface area (Å²) in [6, 6.07) is 0.462. The second-order valence-electron chi connectivity index (χ2n) is 5.42. The zero-order valence-electron chi connectivity index (χ0n) is 11.6. The first-order chi connectivity index (χ1) is 8.20. The third-order valence-electron chi connectivity index (χ3n) is 4.29. The highest BCUT2D eigenvalue weighted by Gasteiger charge is 2.31. The molecule has 4 nitrogen and oxygen atoms in total. The van der Waals surface area contributed by atoms with E-state index < -0.39 is 0 Å². The van der Waals surface area contributed by atoms with Gasteiger partial charge in [0.1, 0.15) is 0 Å². The number of nitrogens with zero attached hydrogens (tertiary/aromatic N) is 1. The van der Waals surface area contributed by atoms with Gasteiger partial charge in [0.25, 0.3) is 0 Å². The maximum atomic E-state index is 12.1. The predicted molar refractivity (Wildman–Crippen MR) is 83.1 cm³/mol. The van der Waals surface area contributed by atoms with Crippen molar-refractivity contribution in [3.63, 3.8) is 0 Å². The summed E-state index contributed by atoms with van der Waals surface area (Å²) in [5, 5.41) is 3.19. The number of rotatable bonds is 3. The summed E-state index contributed by atoms with van der Waals surface area (Å²) in [5.41, 5.74) is 5.96. The van der Waals surface area contributed by atoms with Gasteiger partial charge in [0.2, 0.25) is 5.91 Å². The van der Waals surface area contributed by atoms with Gasteiger partial charge < -0.3 is 16.0 Å². The summed E-state index contributed by atoms with van der Waals surface area (Å²) < 4.78 is 0. The van der Waals surface area contributed by atoms with Gasteiger partial charge in [-0.3, -0.25) is 4.79 Å². The predicted octanol–water partition coefficient (Wildman–Crippen LogP) is 1.56. The Balaban J connectivity index is 0.00000162. The number of hydrogen-bond acceptors (Lipinski definition) is 3. The molecule has 1 amide bonds. The van der Waals surface area contributed by atoms with Crippen molar-refractivity contribution in [2.24, 2.45) is 11.7 Å². The van der Waals surface area contributed by atoms with Crippen LogP contribution in [0.4, 0.5) is 0 Å². The Morgan fingerprint density at radius 3 is 2.32 bits per heavy atom. The molecule has 2 aliphatic rings. The van der Waals surface area contributed by atoms with Crippen LogP contribution in [0.25, 0.3) is 0 Å². The smallest absolute Gasteiger partial charge is 0.224 e. The van der Waals surface area contributed by atoms with Crippen LogP contribution in [-0.2, 0) is 4.79 Å². The number of amides is 1. The number of nitrogens with two attached hydrogens (primary N) is 1. The van der Waals surface area contributed by atoms with E-state index in [-0.39, 0.29) is 42.7 Å². The highest BCUT2D eigenvalue weighted by molar-refractivity contribution is 5.85. The first kappa shape index (κ1) is 19.0. The lowest BCUT2D eigenvalue weighted by atomic mass is 10.0. The second-order valence-corrected chi connectivity index (χ2v) is 5.42. The normalized spacial score (nSPS) is 28.3. The molecule has 2 fully saturated rings. The number of likely N-dealkylation sites (tertiary alicyclic amines) is 1. The largest absolute Gasteiger partial charge is 0.353 e. The van der Waals surface area contributed by atoms with E-state index in [4.69, 9.17) is 5.73 Å². The quantitative estimate of drug-likeness (QED) is 0.831. The van der Waals surface area contributed by atoms with E-state index >= 15 is 0 Å². The molecule has 0 aromatic heterocycles. The maximum absolute atomic E-state index is 12.1. The summed E-state index contributed by atoms with van der Waals surface area (Å²) in [6.07, 6.45) is 5.25. The topological polar surface area (TPSA) is 58.4 Å². The van der Waals surface area contributed by atoms with E-state index in [0.29, 0.717) is 6.04 Å². The molecule has 0 aromatic rings. The molecule has 1 aliphatic carbocycles. The molecule has 19 heavy (non-hydrogen) atoms. The van der Waals surface area contributed by atoms with Gasteiger partial charge in [-0.25, -0.2) is 0 Å². The fourth-order valence-electron chi connectivity index (χ4n) is 3.02. The van der Waals surface area contributed by atoms with Crippen molar-refractivity contribution in [2.75, 3.05) is 19.6 Å². The lowest BCUT2D eigenvalue weighted by Crippen LogP contribution is -2.48. The van der Waals surface area contributed by atoms with Gasteiger partial charge in [0.15, 0.2) is 0 Å². The summed E-state index contributed by atoms with van der Waals surface area (Å²) in [5.74, 6) is 0.268. The zero-order chi connectivity index (χ0) is 12.3. The summed E-state index contributed by atoms with van der Waals surface area (Å²) in [6.45, 7) is 5.53. The van der Waals surface area contributed by atoms with Crippen LogP contribution in [0.2, 0.25) is 0 Å². The molecule has 1 saturated heterocycles. The van der Waals surface area contributed by atoms with Crippen LogP contribution in [0, 0.1) is 5.92 Å². The third kappa shape index (κ3) is 5.10. The highest BCUT2D eigenvalue weighted by atomic mass is 35.5. The van der Waals surface area contributed by atoms with Crippen molar-refractivity contribution >= 4 is 30.7 Å². The van der Waals surface area contributed by atoms with Crippen LogP contribution in [-0.4, -0.2) is 42.5 Å². The van der Waals surface area contributed by atoms with E-state index in [1.807, 2.05) is 0 Å². The standard InChI is InChI=1S/C13H25N3O.2ClH/c1-2-16-8-6-10(7-9-16)15-13(17)11-4-3-5-12(11)14;;/h10-12H,2-9,14H2,1H3,(H,15,17);2*1H. The SMILES string of the molecule is CCN1CCC(NC(=O)C2CCCC2N)CC1.Cl.Cl. The van der Waals surface area contributed by atoms with E-state index in [1.54, 1.807) is 0 Å².